The molecule has 28 heavy (non-hydrogen) atoms. The molecule has 2 aliphatic rings. The van der Waals surface area contributed by atoms with E-state index in [9.17, 15) is 35.1 Å². The Balaban J connectivity index is 2.23. The molecule has 11 heteroatoms. The fourth-order valence-corrected chi connectivity index (χ4v) is 3.14. The number of rotatable bonds is 7. The molecule has 2 heterocycles. The summed E-state index contributed by atoms with van der Waals surface area (Å²) in [6, 6.07) is 0. The molecule has 1 fully saturated rings. The first-order chi connectivity index (χ1) is 13.2. The van der Waals surface area contributed by atoms with E-state index in [1.807, 2.05) is 0 Å². The fourth-order valence-electron chi connectivity index (χ4n) is 3.14. The molecule has 1 saturated heterocycles. The maximum absolute atomic E-state index is 11.7. The monoisotopic (exact) mass is 404 g/mol. The van der Waals surface area contributed by atoms with Gasteiger partial charge < -0.3 is 44.5 Å². The third-order valence-electron chi connectivity index (χ3n) is 4.76. The van der Waals surface area contributed by atoms with Crippen LogP contribution in [0.1, 0.15) is 6.42 Å². The molecule has 158 valence electrons. The van der Waals surface area contributed by atoms with Crippen LogP contribution >= 0.6 is 0 Å². The Morgan fingerprint density at radius 3 is 2.43 bits per heavy atom. The number of carboxylic acid groups (broad SMARTS) is 1. The number of aliphatic hydroxyl groups excluding tert-OH is 4. The number of esters is 1. The van der Waals surface area contributed by atoms with E-state index in [1.54, 1.807) is 0 Å². The number of aliphatic hydroxyl groups is 4. The largest absolute Gasteiger partial charge is 0.478 e. The number of carboxylic acids is 1. The van der Waals surface area contributed by atoms with E-state index < -0.39 is 67.4 Å². The summed E-state index contributed by atoms with van der Waals surface area (Å²) < 4.78 is 20.7. The maximum Gasteiger partial charge on any atom is 0.335 e. The van der Waals surface area contributed by atoms with Gasteiger partial charge in [-0.1, -0.05) is 6.08 Å². The summed E-state index contributed by atoms with van der Waals surface area (Å²) in [5, 5.41) is 48.4. The molecule has 8 unspecified atom stereocenters. The highest BCUT2D eigenvalue weighted by atomic mass is 16.8. The molecule has 0 aromatic carbocycles. The summed E-state index contributed by atoms with van der Waals surface area (Å²) in [6.45, 7) is 2.97. The zero-order valence-electron chi connectivity index (χ0n) is 15.1. The highest BCUT2D eigenvalue weighted by Gasteiger charge is 2.47. The predicted molar refractivity (Wildman–Crippen MR) is 89.3 cm³/mol. The highest BCUT2D eigenvalue weighted by Crippen LogP contribution is 2.36. The second-order valence-electron chi connectivity index (χ2n) is 6.42. The quantitative estimate of drug-likeness (QED) is 0.237. The first kappa shape index (κ1) is 22.3. The lowest BCUT2D eigenvalue weighted by molar-refractivity contribution is -0.339. The normalized spacial score (nSPS) is 38.1. The Morgan fingerprint density at radius 1 is 1.21 bits per heavy atom. The lowest BCUT2D eigenvalue weighted by Gasteiger charge is -2.42. The molecule has 0 bridgehead atoms. The van der Waals surface area contributed by atoms with Crippen LogP contribution in [0.25, 0.3) is 0 Å². The number of hydrogen-bond acceptors (Lipinski definition) is 10. The summed E-state index contributed by atoms with van der Waals surface area (Å²) in [6.07, 6.45) is -6.84. The Morgan fingerprint density at radius 2 is 1.89 bits per heavy atom. The van der Waals surface area contributed by atoms with Crippen molar-refractivity contribution in [1.29, 1.82) is 0 Å². The van der Waals surface area contributed by atoms with Gasteiger partial charge in [0.1, 0.15) is 24.4 Å². The van der Waals surface area contributed by atoms with Crippen molar-refractivity contribution in [2.75, 3.05) is 13.7 Å². The van der Waals surface area contributed by atoms with Gasteiger partial charge in [-0.25, -0.2) is 4.79 Å². The third kappa shape index (κ3) is 4.51. The van der Waals surface area contributed by atoms with Gasteiger partial charge in [-0.15, -0.1) is 6.58 Å². The number of ether oxygens (including phenoxy) is 4. The van der Waals surface area contributed by atoms with Crippen LogP contribution in [0, 0.1) is 11.8 Å². The van der Waals surface area contributed by atoms with Crippen molar-refractivity contribution in [2.45, 2.75) is 43.4 Å². The van der Waals surface area contributed by atoms with Gasteiger partial charge in [-0.3, -0.25) is 4.79 Å². The number of methoxy groups -OCH3 is 1. The molecule has 2 rings (SSSR count). The Labute approximate surface area is 160 Å². The topological polar surface area (TPSA) is 172 Å². The van der Waals surface area contributed by atoms with Crippen LogP contribution in [0.15, 0.2) is 24.5 Å². The smallest absolute Gasteiger partial charge is 0.335 e. The first-order valence-electron chi connectivity index (χ1n) is 8.49. The van der Waals surface area contributed by atoms with E-state index >= 15 is 0 Å². The van der Waals surface area contributed by atoms with E-state index in [4.69, 9.17) is 14.2 Å². The average molecular weight is 404 g/mol. The molecule has 0 aliphatic carbocycles. The summed E-state index contributed by atoms with van der Waals surface area (Å²) >= 11 is 0. The molecule has 0 saturated carbocycles. The van der Waals surface area contributed by atoms with Crippen LogP contribution in [0.2, 0.25) is 0 Å². The third-order valence-corrected chi connectivity index (χ3v) is 4.76. The first-order valence-corrected chi connectivity index (χ1v) is 8.49. The van der Waals surface area contributed by atoms with Crippen molar-refractivity contribution >= 4 is 11.9 Å². The van der Waals surface area contributed by atoms with E-state index in [-0.39, 0.29) is 12.0 Å². The summed E-state index contributed by atoms with van der Waals surface area (Å²) in [5.41, 5.74) is -0.191. The minimum absolute atomic E-state index is 0.191. The fraction of sp³-hybridized carbons (Fsp3) is 0.647. The molecular formula is C17H24O11. The van der Waals surface area contributed by atoms with Crippen molar-refractivity contribution in [3.63, 3.8) is 0 Å². The average Bonchev–Trinajstić information content (AvgIpc) is 2.68. The number of aliphatic carboxylic acids is 1. The Hall–Kier alpha value is -2.02. The Bertz CT molecular complexity index is 616. The van der Waals surface area contributed by atoms with Gasteiger partial charge in [0.05, 0.1) is 32.0 Å². The van der Waals surface area contributed by atoms with Gasteiger partial charge in [0, 0.05) is 11.8 Å². The molecule has 8 atom stereocenters. The zero-order chi connectivity index (χ0) is 21.0. The SMILES string of the molecule is C=CC1C(OC2OC(CO)C(O)C(O)C2O)OC=C(C(=O)O)C1CC(=O)OC. The lowest BCUT2D eigenvalue weighted by Crippen LogP contribution is -2.60. The van der Waals surface area contributed by atoms with Crippen molar-refractivity contribution in [3.8, 4) is 0 Å². The molecule has 0 radical (unpaired) electrons. The van der Waals surface area contributed by atoms with Gasteiger partial charge in [0.25, 0.3) is 0 Å². The van der Waals surface area contributed by atoms with E-state index in [2.05, 4.69) is 11.3 Å². The molecule has 0 amide bonds. The van der Waals surface area contributed by atoms with Crippen molar-refractivity contribution in [3.05, 3.63) is 24.5 Å². The minimum atomic E-state index is -1.67. The zero-order valence-corrected chi connectivity index (χ0v) is 15.1. The van der Waals surface area contributed by atoms with Crippen LogP contribution in [-0.2, 0) is 28.5 Å². The van der Waals surface area contributed by atoms with Gasteiger partial charge in [-0.2, -0.15) is 0 Å². The van der Waals surface area contributed by atoms with E-state index in [0.717, 1.165) is 13.4 Å². The lowest BCUT2D eigenvalue weighted by atomic mass is 9.81. The molecule has 5 N–H and O–H groups in total. The molecular weight excluding hydrogens is 380 g/mol. The van der Waals surface area contributed by atoms with Crippen molar-refractivity contribution < 1.29 is 54.1 Å². The van der Waals surface area contributed by atoms with Gasteiger partial charge in [0.15, 0.2) is 6.29 Å². The predicted octanol–water partition coefficient (Wildman–Crippen LogP) is -1.89. The minimum Gasteiger partial charge on any atom is -0.478 e. The molecule has 0 spiro atoms. The van der Waals surface area contributed by atoms with Crippen molar-refractivity contribution in [1.82, 2.24) is 0 Å². The van der Waals surface area contributed by atoms with Gasteiger partial charge in [-0.05, 0) is 0 Å². The standard InChI is InChI=1S/C17H24O11/c1-3-7-8(4-11(19)25-2)9(15(23)24)6-26-16(7)28-17-14(22)13(21)12(20)10(5-18)27-17/h3,6-8,10,12-14,16-18,20-22H,1,4-5H2,2H3,(H,23,24). The van der Waals surface area contributed by atoms with Gasteiger partial charge >= 0.3 is 11.9 Å². The van der Waals surface area contributed by atoms with Crippen LogP contribution < -0.4 is 0 Å². The van der Waals surface area contributed by atoms with Crippen molar-refractivity contribution in [2.24, 2.45) is 11.8 Å². The second kappa shape index (κ2) is 9.45. The molecule has 0 aromatic rings. The van der Waals surface area contributed by atoms with Crippen LogP contribution in [-0.4, -0.2) is 88.2 Å². The number of carbonyl (C=O) groups excluding carboxylic acids is 1. The summed E-state index contributed by atoms with van der Waals surface area (Å²) in [5.74, 6) is -3.70. The number of carbonyl (C=O) groups is 2. The second-order valence-corrected chi connectivity index (χ2v) is 6.42. The summed E-state index contributed by atoms with van der Waals surface area (Å²) in [7, 11) is 1.16. The van der Waals surface area contributed by atoms with Gasteiger partial charge in [0.2, 0.25) is 6.29 Å². The van der Waals surface area contributed by atoms with E-state index in [1.165, 1.54) is 6.08 Å². The van der Waals surface area contributed by atoms with Crippen LogP contribution in [0.4, 0.5) is 0 Å². The van der Waals surface area contributed by atoms with Crippen LogP contribution in [0.3, 0.4) is 0 Å². The maximum atomic E-state index is 11.7. The molecule has 11 nitrogen and oxygen atoms in total. The van der Waals surface area contributed by atoms with E-state index in [0.29, 0.717) is 0 Å². The number of hydrogen-bond donors (Lipinski definition) is 5. The summed E-state index contributed by atoms with van der Waals surface area (Å²) in [4.78, 5) is 23.2. The van der Waals surface area contributed by atoms with Crippen LogP contribution in [0.5, 0.6) is 0 Å². The molecule has 2 aliphatic heterocycles. The Kier molecular flexibility index (Phi) is 7.52. The highest BCUT2D eigenvalue weighted by molar-refractivity contribution is 5.88. The molecule has 0 aromatic heterocycles.